The van der Waals surface area contributed by atoms with Crippen LogP contribution in [0.2, 0.25) is 0 Å². The molecule has 2 N–H and O–H groups in total. The molecule has 0 aromatic heterocycles. The fourth-order valence-electron chi connectivity index (χ4n) is 2.46. The van der Waals surface area contributed by atoms with Crippen molar-refractivity contribution in [2.45, 2.75) is 24.3 Å². The molecule has 0 bridgehead atoms. The second-order valence-electron chi connectivity index (χ2n) is 6.12. The van der Waals surface area contributed by atoms with Gasteiger partial charge >= 0.3 is 0 Å². The summed E-state index contributed by atoms with van der Waals surface area (Å²) >= 11 is 3.32. The largest absolute Gasteiger partial charge is 0.324 e. The van der Waals surface area contributed by atoms with Gasteiger partial charge in [0.1, 0.15) is 0 Å². The fraction of sp³-hybridized carbons (Fsp3) is 0.571. The zero-order chi connectivity index (χ0) is 15.7. The van der Waals surface area contributed by atoms with E-state index in [1.807, 2.05) is 13.8 Å². The number of halogens is 1. The van der Waals surface area contributed by atoms with Crippen LogP contribution in [0.25, 0.3) is 0 Å². The zero-order valence-corrected chi connectivity index (χ0v) is 14.8. The minimum atomic E-state index is -3.39. The predicted octanol–water partition coefficient (Wildman–Crippen LogP) is 1.49. The number of hydrogen-bond donors (Lipinski definition) is 1. The molecule has 0 amide bonds. The normalized spacial score (nSPS) is 18.9. The van der Waals surface area contributed by atoms with Gasteiger partial charge in [-0.05, 0) is 38.1 Å². The van der Waals surface area contributed by atoms with Crippen LogP contribution in [0.15, 0.2) is 33.6 Å². The van der Waals surface area contributed by atoms with Crippen molar-refractivity contribution in [3.63, 3.8) is 0 Å². The molecule has 5 nitrogen and oxygen atoms in total. The summed E-state index contributed by atoms with van der Waals surface area (Å²) in [4.78, 5) is 2.56. The molecule has 0 radical (unpaired) electrons. The Morgan fingerprint density at radius 1 is 1.14 bits per heavy atom. The molecule has 1 heterocycles. The first-order valence-corrected chi connectivity index (χ1v) is 9.19. The van der Waals surface area contributed by atoms with Crippen LogP contribution in [0.3, 0.4) is 0 Å². The first kappa shape index (κ1) is 16.9. The van der Waals surface area contributed by atoms with Crippen LogP contribution in [-0.2, 0) is 10.0 Å². The number of piperazine rings is 1. The smallest absolute Gasteiger partial charge is 0.243 e. The molecule has 0 saturated carbocycles. The third-order valence-electron chi connectivity index (χ3n) is 3.41. The molecule has 0 aliphatic carbocycles. The van der Waals surface area contributed by atoms with Crippen LogP contribution in [0, 0.1) is 0 Å². The lowest BCUT2D eigenvalue weighted by Gasteiger charge is -2.37. The molecule has 1 saturated heterocycles. The second kappa shape index (κ2) is 6.34. The molecular formula is C14H22BrN3O2S. The van der Waals surface area contributed by atoms with Gasteiger partial charge < -0.3 is 5.73 Å². The summed E-state index contributed by atoms with van der Waals surface area (Å²) < 4.78 is 27.5. The molecule has 21 heavy (non-hydrogen) atoms. The minimum Gasteiger partial charge on any atom is -0.324 e. The van der Waals surface area contributed by atoms with Crippen LogP contribution in [0.4, 0.5) is 0 Å². The van der Waals surface area contributed by atoms with Crippen LogP contribution in [0.1, 0.15) is 13.8 Å². The maximum absolute atomic E-state index is 12.6. The maximum Gasteiger partial charge on any atom is 0.243 e. The molecule has 0 spiro atoms. The first-order chi connectivity index (χ1) is 9.68. The molecule has 1 fully saturated rings. The van der Waals surface area contributed by atoms with Crippen molar-refractivity contribution in [1.29, 1.82) is 0 Å². The van der Waals surface area contributed by atoms with Gasteiger partial charge in [0, 0.05) is 42.7 Å². The minimum absolute atomic E-state index is 0.257. The molecule has 1 aliphatic rings. The standard InChI is InChI=1S/C14H22BrN3O2S/c1-14(2,16)11-17-7-9-18(10-8-17)21(19,20)13-5-3-12(15)4-6-13/h3-6H,7-11,16H2,1-2H3. The van der Waals surface area contributed by atoms with E-state index < -0.39 is 10.0 Å². The molecule has 0 atom stereocenters. The van der Waals surface area contributed by atoms with E-state index in [1.54, 1.807) is 28.6 Å². The topological polar surface area (TPSA) is 66.6 Å². The van der Waals surface area contributed by atoms with Crippen LogP contribution in [0.5, 0.6) is 0 Å². The summed E-state index contributed by atoms with van der Waals surface area (Å²) in [6.07, 6.45) is 0. The monoisotopic (exact) mass is 375 g/mol. The third-order valence-corrected chi connectivity index (χ3v) is 5.86. The molecule has 1 aliphatic heterocycles. The van der Waals surface area contributed by atoms with Gasteiger partial charge in [-0.15, -0.1) is 0 Å². The summed E-state index contributed by atoms with van der Waals surface area (Å²) in [6.45, 7) is 7.20. The highest BCUT2D eigenvalue weighted by atomic mass is 79.9. The number of sulfonamides is 1. The Kier molecular flexibility index (Phi) is 5.10. The number of nitrogens with zero attached hydrogens (tertiary/aromatic N) is 2. The molecule has 1 aromatic rings. The van der Waals surface area contributed by atoms with Crippen LogP contribution < -0.4 is 5.73 Å². The lowest BCUT2D eigenvalue weighted by atomic mass is 10.1. The molecular weight excluding hydrogens is 354 g/mol. The van der Waals surface area contributed by atoms with E-state index in [2.05, 4.69) is 20.8 Å². The molecule has 7 heteroatoms. The van der Waals surface area contributed by atoms with Crippen molar-refractivity contribution in [1.82, 2.24) is 9.21 Å². The quantitative estimate of drug-likeness (QED) is 0.865. The highest BCUT2D eigenvalue weighted by Crippen LogP contribution is 2.20. The van der Waals surface area contributed by atoms with E-state index in [1.165, 1.54) is 0 Å². The molecule has 0 unspecified atom stereocenters. The Labute approximate surface area is 135 Å². The highest BCUT2D eigenvalue weighted by molar-refractivity contribution is 9.10. The molecule has 1 aromatic carbocycles. The van der Waals surface area contributed by atoms with Crippen molar-refractivity contribution < 1.29 is 8.42 Å². The Morgan fingerprint density at radius 3 is 2.14 bits per heavy atom. The lowest BCUT2D eigenvalue weighted by molar-refractivity contribution is 0.162. The zero-order valence-electron chi connectivity index (χ0n) is 12.4. The van der Waals surface area contributed by atoms with Crippen LogP contribution in [-0.4, -0.2) is 55.9 Å². The summed E-state index contributed by atoms with van der Waals surface area (Å²) in [6, 6.07) is 6.77. The van der Waals surface area contributed by atoms with Gasteiger partial charge in [-0.2, -0.15) is 4.31 Å². The van der Waals surface area contributed by atoms with E-state index in [-0.39, 0.29) is 5.54 Å². The highest BCUT2D eigenvalue weighted by Gasteiger charge is 2.29. The van der Waals surface area contributed by atoms with Gasteiger partial charge in [0.2, 0.25) is 10.0 Å². The van der Waals surface area contributed by atoms with Gasteiger partial charge in [0.25, 0.3) is 0 Å². The van der Waals surface area contributed by atoms with Gasteiger partial charge in [-0.1, -0.05) is 15.9 Å². The number of benzene rings is 1. The number of hydrogen-bond acceptors (Lipinski definition) is 4. The Morgan fingerprint density at radius 2 is 1.67 bits per heavy atom. The van der Waals surface area contributed by atoms with E-state index in [0.29, 0.717) is 18.0 Å². The fourth-order valence-corrected chi connectivity index (χ4v) is 4.15. The predicted molar refractivity (Wildman–Crippen MR) is 87.6 cm³/mol. The maximum atomic E-state index is 12.6. The average molecular weight is 376 g/mol. The Bertz CT molecular complexity index is 573. The van der Waals surface area contributed by atoms with Crippen molar-refractivity contribution >= 4 is 26.0 Å². The Balaban J connectivity index is 2.03. The van der Waals surface area contributed by atoms with E-state index in [0.717, 1.165) is 24.1 Å². The van der Waals surface area contributed by atoms with Crippen molar-refractivity contribution in [3.8, 4) is 0 Å². The van der Waals surface area contributed by atoms with Crippen LogP contribution >= 0.6 is 15.9 Å². The van der Waals surface area contributed by atoms with E-state index in [4.69, 9.17) is 5.73 Å². The second-order valence-corrected chi connectivity index (χ2v) is 8.98. The molecule has 2 rings (SSSR count). The molecule has 118 valence electrons. The van der Waals surface area contributed by atoms with Gasteiger partial charge in [0.05, 0.1) is 4.90 Å². The summed E-state index contributed by atoms with van der Waals surface area (Å²) in [5, 5.41) is 0. The third kappa shape index (κ3) is 4.50. The summed E-state index contributed by atoms with van der Waals surface area (Å²) in [5.74, 6) is 0. The lowest BCUT2D eigenvalue weighted by Crippen LogP contribution is -2.53. The van der Waals surface area contributed by atoms with Crippen molar-refractivity contribution in [2.24, 2.45) is 5.73 Å². The van der Waals surface area contributed by atoms with E-state index >= 15 is 0 Å². The summed E-state index contributed by atoms with van der Waals surface area (Å²) in [7, 11) is -3.39. The Hall–Kier alpha value is -0.470. The van der Waals surface area contributed by atoms with Gasteiger partial charge in [-0.25, -0.2) is 8.42 Å². The first-order valence-electron chi connectivity index (χ1n) is 6.95. The van der Waals surface area contributed by atoms with Crippen molar-refractivity contribution in [2.75, 3.05) is 32.7 Å². The number of nitrogens with two attached hydrogens (primary N) is 1. The summed E-state index contributed by atoms with van der Waals surface area (Å²) in [5.41, 5.74) is 5.76. The van der Waals surface area contributed by atoms with E-state index in [9.17, 15) is 8.42 Å². The van der Waals surface area contributed by atoms with Crippen molar-refractivity contribution in [3.05, 3.63) is 28.7 Å². The SMILES string of the molecule is CC(C)(N)CN1CCN(S(=O)(=O)c2ccc(Br)cc2)CC1. The average Bonchev–Trinajstić information content (AvgIpc) is 2.38. The van der Waals surface area contributed by atoms with Gasteiger partial charge in [0.15, 0.2) is 0 Å². The number of rotatable bonds is 4. The van der Waals surface area contributed by atoms with Gasteiger partial charge in [-0.3, -0.25) is 4.90 Å².